The summed E-state index contributed by atoms with van der Waals surface area (Å²) >= 11 is 0. The Balaban J connectivity index is 2.65. The van der Waals surface area contributed by atoms with E-state index in [0.29, 0.717) is 6.42 Å². The molecule has 0 aromatic carbocycles. The fourth-order valence-corrected chi connectivity index (χ4v) is 1.08. The van der Waals surface area contributed by atoms with Crippen LogP contribution in [0.25, 0.3) is 0 Å². The lowest BCUT2D eigenvalue weighted by molar-refractivity contribution is -0.140. The van der Waals surface area contributed by atoms with Crippen LogP contribution < -0.4 is 5.32 Å². The zero-order valence-corrected chi connectivity index (χ0v) is 6.22. The molecule has 0 spiro atoms. The smallest absolute Gasteiger partial charge is 0.237 e. The fourth-order valence-electron chi connectivity index (χ4n) is 1.08. The van der Waals surface area contributed by atoms with Crippen LogP contribution >= 0.6 is 0 Å². The predicted molar refractivity (Wildman–Crippen MR) is 36.6 cm³/mol. The van der Waals surface area contributed by atoms with Crippen molar-refractivity contribution in [2.75, 3.05) is 0 Å². The van der Waals surface area contributed by atoms with Crippen LogP contribution in [0.4, 0.5) is 0 Å². The fraction of sp³-hybridized carbons (Fsp3) is 0.571. The van der Waals surface area contributed by atoms with Crippen LogP contribution in [-0.4, -0.2) is 17.6 Å². The molecule has 1 saturated heterocycles. The van der Waals surface area contributed by atoms with Gasteiger partial charge in [-0.2, -0.15) is 0 Å². The second-order valence-electron chi connectivity index (χ2n) is 2.61. The third-order valence-corrected chi connectivity index (χ3v) is 1.73. The number of ketones is 1. The van der Waals surface area contributed by atoms with E-state index in [4.69, 9.17) is 0 Å². The maximum atomic E-state index is 10.9. The summed E-state index contributed by atoms with van der Waals surface area (Å²) in [5.74, 6) is -1.51. The van der Waals surface area contributed by atoms with E-state index in [0.717, 1.165) is 0 Å². The molecule has 1 aliphatic rings. The number of carbonyl (C=O) groups excluding carboxylic acids is 3. The second kappa shape index (κ2) is 2.82. The lowest BCUT2D eigenvalue weighted by Crippen LogP contribution is -2.43. The molecule has 1 fully saturated rings. The summed E-state index contributed by atoms with van der Waals surface area (Å²) in [4.78, 5) is 32.2. The highest BCUT2D eigenvalue weighted by Gasteiger charge is 2.29. The van der Waals surface area contributed by atoms with Crippen molar-refractivity contribution in [3.8, 4) is 0 Å². The first-order valence-electron chi connectivity index (χ1n) is 3.45. The number of hydrogen-bond donors (Lipinski definition) is 1. The van der Waals surface area contributed by atoms with Crippen LogP contribution in [0.1, 0.15) is 19.8 Å². The molecule has 0 bridgehead atoms. The number of Topliss-reactive ketones (excluding diaryl/α,β-unsaturated/α-hetero) is 1. The van der Waals surface area contributed by atoms with Gasteiger partial charge >= 0.3 is 0 Å². The third kappa shape index (κ3) is 1.63. The van der Waals surface area contributed by atoms with Crippen molar-refractivity contribution in [2.45, 2.75) is 19.8 Å². The van der Waals surface area contributed by atoms with Crippen molar-refractivity contribution in [3.05, 3.63) is 0 Å². The summed E-state index contributed by atoms with van der Waals surface area (Å²) < 4.78 is 0. The number of imide groups is 1. The first kappa shape index (κ1) is 7.91. The Hall–Kier alpha value is -1.19. The molecule has 1 rings (SSSR count). The molecule has 0 aliphatic carbocycles. The molecule has 4 heteroatoms. The van der Waals surface area contributed by atoms with Crippen LogP contribution in [0.3, 0.4) is 0 Å². The first-order valence-corrected chi connectivity index (χ1v) is 3.45. The molecule has 4 nitrogen and oxygen atoms in total. The van der Waals surface area contributed by atoms with Crippen LogP contribution in [0.2, 0.25) is 0 Å². The number of carbonyl (C=O) groups is 3. The molecule has 11 heavy (non-hydrogen) atoms. The molecular weight excluding hydrogens is 146 g/mol. The minimum Gasteiger partial charge on any atom is -0.299 e. The lowest BCUT2D eigenvalue weighted by Gasteiger charge is -2.17. The van der Waals surface area contributed by atoms with Crippen molar-refractivity contribution in [1.82, 2.24) is 5.32 Å². The van der Waals surface area contributed by atoms with E-state index in [-0.39, 0.29) is 18.1 Å². The normalized spacial score (nSPS) is 24.6. The molecule has 0 radical (unpaired) electrons. The van der Waals surface area contributed by atoms with Crippen molar-refractivity contribution in [2.24, 2.45) is 5.92 Å². The molecule has 1 N–H and O–H groups in total. The zero-order chi connectivity index (χ0) is 8.43. The molecule has 0 aromatic heterocycles. The van der Waals surface area contributed by atoms with E-state index in [1.165, 1.54) is 6.92 Å². The van der Waals surface area contributed by atoms with Gasteiger partial charge in [0.1, 0.15) is 5.78 Å². The number of rotatable bonds is 1. The van der Waals surface area contributed by atoms with E-state index >= 15 is 0 Å². The first-order chi connectivity index (χ1) is 5.11. The number of piperidine rings is 1. The standard InChI is InChI=1S/C7H9NO3/c1-4(9)5-2-3-6(10)8-7(5)11/h5H,2-3H2,1H3,(H,8,10,11). The van der Waals surface area contributed by atoms with Gasteiger partial charge in [-0.25, -0.2) is 0 Å². The summed E-state index contributed by atoms with van der Waals surface area (Å²) in [6.07, 6.45) is 0.635. The number of hydrogen-bond acceptors (Lipinski definition) is 3. The van der Waals surface area contributed by atoms with E-state index < -0.39 is 11.8 Å². The molecule has 0 aromatic rings. The lowest BCUT2D eigenvalue weighted by atomic mass is 9.95. The topological polar surface area (TPSA) is 63.2 Å². The van der Waals surface area contributed by atoms with E-state index in [9.17, 15) is 14.4 Å². The Kier molecular flexibility index (Phi) is 2.03. The molecular formula is C7H9NO3. The Morgan fingerprint density at radius 2 is 2.18 bits per heavy atom. The van der Waals surface area contributed by atoms with E-state index in [1.54, 1.807) is 0 Å². The predicted octanol–water partition coefficient (Wildman–Crippen LogP) is -0.372. The highest BCUT2D eigenvalue weighted by atomic mass is 16.2. The molecule has 1 heterocycles. The van der Waals surface area contributed by atoms with Gasteiger partial charge < -0.3 is 0 Å². The molecule has 0 saturated carbocycles. The summed E-state index contributed by atoms with van der Waals surface area (Å²) in [5.41, 5.74) is 0. The van der Waals surface area contributed by atoms with Gasteiger partial charge in [0, 0.05) is 6.42 Å². The molecule has 2 amide bonds. The van der Waals surface area contributed by atoms with Crippen molar-refractivity contribution < 1.29 is 14.4 Å². The Labute approximate surface area is 64.0 Å². The van der Waals surface area contributed by atoms with Crippen LogP contribution in [-0.2, 0) is 14.4 Å². The second-order valence-corrected chi connectivity index (χ2v) is 2.61. The monoisotopic (exact) mass is 155 g/mol. The Morgan fingerprint density at radius 1 is 1.55 bits per heavy atom. The highest BCUT2D eigenvalue weighted by molar-refractivity contribution is 6.08. The number of amides is 2. The number of nitrogens with one attached hydrogen (secondary N) is 1. The third-order valence-electron chi connectivity index (χ3n) is 1.73. The minimum absolute atomic E-state index is 0.171. The zero-order valence-electron chi connectivity index (χ0n) is 6.22. The maximum absolute atomic E-state index is 10.9. The SMILES string of the molecule is CC(=O)C1CCC(=O)NC1=O. The maximum Gasteiger partial charge on any atom is 0.237 e. The largest absolute Gasteiger partial charge is 0.299 e. The van der Waals surface area contributed by atoms with Gasteiger partial charge in [0.05, 0.1) is 5.92 Å². The van der Waals surface area contributed by atoms with Gasteiger partial charge in [0.2, 0.25) is 11.8 Å². The van der Waals surface area contributed by atoms with Gasteiger partial charge in [-0.15, -0.1) is 0 Å². The van der Waals surface area contributed by atoms with Crippen molar-refractivity contribution in [3.63, 3.8) is 0 Å². The molecule has 1 aliphatic heterocycles. The quantitative estimate of drug-likeness (QED) is 0.415. The highest BCUT2D eigenvalue weighted by Crippen LogP contribution is 2.12. The van der Waals surface area contributed by atoms with Gasteiger partial charge in [-0.1, -0.05) is 0 Å². The Bertz CT molecular complexity index is 222. The Morgan fingerprint density at radius 3 is 2.64 bits per heavy atom. The molecule has 1 unspecified atom stereocenters. The molecule has 1 atom stereocenters. The summed E-state index contributed by atoms with van der Waals surface area (Å²) in [7, 11) is 0. The summed E-state index contributed by atoms with van der Waals surface area (Å²) in [5, 5.41) is 2.11. The average Bonchev–Trinajstić information content (AvgIpc) is 1.85. The summed E-state index contributed by atoms with van der Waals surface area (Å²) in [6.45, 7) is 1.36. The van der Waals surface area contributed by atoms with Crippen molar-refractivity contribution >= 4 is 17.6 Å². The van der Waals surface area contributed by atoms with Crippen LogP contribution in [0, 0.1) is 5.92 Å². The van der Waals surface area contributed by atoms with Crippen LogP contribution in [0.15, 0.2) is 0 Å². The van der Waals surface area contributed by atoms with Gasteiger partial charge in [-0.05, 0) is 13.3 Å². The van der Waals surface area contributed by atoms with E-state index in [2.05, 4.69) is 5.32 Å². The van der Waals surface area contributed by atoms with Gasteiger partial charge in [-0.3, -0.25) is 19.7 Å². The van der Waals surface area contributed by atoms with Gasteiger partial charge in [0.15, 0.2) is 0 Å². The van der Waals surface area contributed by atoms with Crippen LogP contribution in [0.5, 0.6) is 0 Å². The van der Waals surface area contributed by atoms with Gasteiger partial charge in [0.25, 0.3) is 0 Å². The van der Waals surface area contributed by atoms with E-state index in [1.807, 2.05) is 0 Å². The van der Waals surface area contributed by atoms with Crippen molar-refractivity contribution in [1.29, 1.82) is 0 Å². The molecule has 60 valence electrons. The summed E-state index contributed by atoms with van der Waals surface area (Å²) in [6, 6.07) is 0. The minimum atomic E-state index is -0.604. The average molecular weight is 155 g/mol.